The van der Waals surface area contributed by atoms with Crippen molar-refractivity contribution in [3.63, 3.8) is 0 Å². The lowest BCUT2D eigenvalue weighted by atomic mass is 10.0. The summed E-state index contributed by atoms with van der Waals surface area (Å²) in [5, 5.41) is 13.8. The van der Waals surface area contributed by atoms with Crippen molar-refractivity contribution in [2.75, 3.05) is 0 Å². The molecule has 19 heavy (non-hydrogen) atoms. The third kappa shape index (κ3) is 6.64. The molecule has 0 heterocycles. The van der Waals surface area contributed by atoms with Crippen LogP contribution in [-0.4, -0.2) is 35.1 Å². The average Bonchev–Trinajstić information content (AvgIpc) is 2.29. The van der Waals surface area contributed by atoms with E-state index >= 15 is 0 Å². The van der Waals surface area contributed by atoms with Crippen molar-refractivity contribution in [3.8, 4) is 0 Å². The highest BCUT2D eigenvalue weighted by Crippen LogP contribution is 2.05. The number of rotatable bonds is 8. The van der Waals surface area contributed by atoms with Gasteiger partial charge in [-0.1, -0.05) is 33.6 Å². The van der Waals surface area contributed by atoms with Crippen LogP contribution < -0.4 is 16.4 Å². The maximum Gasteiger partial charge on any atom is 0.326 e. The van der Waals surface area contributed by atoms with E-state index in [1.165, 1.54) is 0 Å². The van der Waals surface area contributed by atoms with E-state index < -0.39 is 30.0 Å². The summed E-state index contributed by atoms with van der Waals surface area (Å²) < 4.78 is 0. The highest BCUT2D eigenvalue weighted by atomic mass is 16.4. The number of amides is 3. The van der Waals surface area contributed by atoms with Gasteiger partial charge in [0.25, 0.3) is 0 Å². The number of carboxylic acid groups (broad SMARTS) is 1. The Morgan fingerprint density at radius 2 is 1.79 bits per heavy atom. The van der Waals surface area contributed by atoms with Gasteiger partial charge >= 0.3 is 12.0 Å². The quantitative estimate of drug-likeness (QED) is 0.512. The third-order valence-corrected chi connectivity index (χ3v) is 2.71. The van der Waals surface area contributed by atoms with E-state index in [9.17, 15) is 14.4 Å². The molecule has 0 aromatic heterocycles. The van der Waals surface area contributed by atoms with Crippen molar-refractivity contribution in [1.82, 2.24) is 10.6 Å². The summed E-state index contributed by atoms with van der Waals surface area (Å²) in [5.74, 6) is -1.87. The van der Waals surface area contributed by atoms with Crippen LogP contribution in [0.1, 0.15) is 40.0 Å². The van der Waals surface area contributed by atoms with Crippen LogP contribution in [0.3, 0.4) is 0 Å². The summed E-state index contributed by atoms with van der Waals surface area (Å²) in [7, 11) is 0. The fraction of sp³-hybridized carbons (Fsp3) is 0.750. The maximum absolute atomic E-state index is 12.0. The molecular weight excluding hydrogens is 250 g/mol. The Hall–Kier alpha value is -1.79. The number of nitrogens with two attached hydrogens (primary N) is 1. The number of urea groups is 1. The number of carboxylic acids is 1. The fourth-order valence-corrected chi connectivity index (χ4v) is 1.62. The molecule has 3 amide bonds. The molecule has 0 aromatic rings. The first-order chi connectivity index (χ1) is 8.79. The van der Waals surface area contributed by atoms with E-state index in [-0.39, 0.29) is 5.92 Å². The van der Waals surface area contributed by atoms with Gasteiger partial charge in [0, 0.05) is 0 Å². The minimum Gasteiger partial charge on any atom is -0.480 e. The van der Waals surface area contributed by atoms with E-state index in [1.807, 2.05) is 6.92 Å². The van der Waals surface area contributed by atoms with Crippen LogP contribution in [-0.2, 0) is 9.59 Å². The van der Waals surface area contributed by atoms with Gasteiger partial charge < -0.3 is 21.5 Å². The lowest BCUT2D eigenvalue weighted by Crippen LogP contribution is -2.53. The molecule has 0 aliphatic heterocycles. The molecule has 110 valence electrons. The van der Waals surface area contributed by atoms with Gasteiger partial charge in [-0.25, -0.2) is 9.59 Å². The van der Waals surface area contributed by atoms with Crippen molar-refractivity contribution in [1.29, 1.82) is 0 Å². The molecule has 0 fully saturated rings. The zero-order valence-electron chi connectivity index (χ0n) is 11.6. The van der Waals surface area contributed by atoms with Gasteiger partial charge in [-0.3, -0.25) is 4.79 Å². The van der Waals surface area contributed by atoms with Gasteiger partial charge in [-0.05, 0) is 12.3 Å². The topological polar surface area (TPSA) is 122 Å². The maximum atomic E-state index is 12.0. The van der Waals surface area contributed by atoms with Gasteiger partial charge in [0.1, 0.15) is 12.1 Å². The smallest absolute Gasteiger partial charge is 0.326 e. The zero-order chi connectivity index (χ0) is 15.0. The molecule has 0 aliphatic carbocycles. The second-order valence-electron chi connectivity index (χ2n) is 4.77. The molecule has 5 N–H and O–H groups in total. The number of hydrogen-bond donors (Lipinski definition) is 4. The van der Waals surface area contributed by atoms with E-state index in [1.54, 1.807) is 13.8 Å². The Bertz CT molecular complexity index is 331. The van der Waals surface area contributed by atoms with Crippen LogP contribution in [0.25, 0.3) is 0 Å². The van der Waals surface area contributed by atoms with Crippen LogP contribution in [0, 0.1) is 5.92 Å². The van der Waals surface area contributed by atoms with Gasteiger partial charge in [0.15, 0.2) is 0 Å². The summed E-state index contributed by atoms with van der Waals surface area (Å²) in [6, 6.07) is -2.57. The number of nitrogens with one attached hydrogen (secondary N) is 2. The standard InChI is InChI=1S/C12H23N3O4/c1-4-5-6-8(14-12(13)19)10(16)15-9(7(2)3)11(17)18/h7-9H,4-6H2,1-3H3,(H,15,16)(H,17,18)(H3,13,14,19)/t8?,9-/m1/s1. The number of unbranched alkanes of at least 4 members (excludes halogenated alkanes) is 1. The molecule has 0 spiro atoms. The van der Waals surface area contributed by atoms with Gasteiger partial charge in [-0.2, -0.15) is 0 Å². The predicted molar refractivity (Wildman–Crippen MR) is 70.4 cm³/mol. The van der Waals surface area contributed by atoms with E-state index in [4.69, 9.17) is 10.8 Å². The van der Waals surface area contributed by atoms with Crippen molar-refractivity contribution in [3.05, 3.63) is 0 Å². The van der Waals surface area contributed by atoms with Crippen molar-refractivity contribution in [2.45, 2.75) is 52.1 Å². The molecule has 0 radical (unpaired) electrons. The number of aliphatic carboxylic acids is 1. The Kier molecular flexibility index (Phi) is 7.55. The largest absolute Gasteiger partial charge is 0.480 e. The summed E-state index contributed by atoms with van der Waals surface area (Å²) in [6.45, 7) is 5.34. The van der Waals surface area contributed by atoms with Gasteiger partial charge in [-0.15, -0.1) is 0 Å². The van der Waals surface area contributed by atoms with Crippen LogP contribution in [0.15, 0.2) is 0 Å². The summed E-state index contributed by atoms with van der Waals surface area (Å²) in [5.41, 5.74) is 5.01. The number of carbonyl (C=O) groups excluding carboxylic acids is 2. The molecular formula is C12H23N3O4. The third-order valence-electron chi connectivity index (χ3n) is 2.71. The Morgan fingerprint density at radius 3 is 2.16 bits per heavy atom. The first-order valence-electron chi connectivity index (χ1n) is 6.38. The highest BCUT2D eigenvalue weighted by Gasteiger charge is 2.27. The molecule has 1 unspecified atom stereocenters. The second-order valence-corrected chi connectivity index (χ2v) is 4.77. The minimum absolute atomic E-state index is 0.248. The molecule has 7 heteroatoms. The van der Waals surface area contributed by atoms with Gasteiger partial charge in [0.2, 0.25) is 5.91 Å². The normalized spacial score (nSPS) is 13.7. The first kappa shape index (κ1) is 17.2. The Morgan fingerprint density at radius 1 is 1.21 bits per heavy atom. The van der Waals surface area contributed by atoms with Crippen LogP contribution in [0.2, 0.25) is 0 Å². The molecule has 0 aromatic carbocycles. The molecule has 2 atom stereocenters. The summed E-state index contributed by atoms with van der Waals surface area (Å²) in [4.78, 5) is 33.8. The molecule has 0 aliphatic rings. The Labute approximate surface area is 112 Å². The summed E-state index contributed by atoms with van der Waals surface area (Å²) in [6.07, 6.45) is 2.02. The van der Waals surface area contributed by atoms with Crippen molar-refractivity contribution < 1.29 is 19.5 Å². The SMILES string of the molecule is CCCCC(NC(N)=O)C(=O)N[C@@H](C(=O)O)C(C)C. The zero-order valence-corrected chi connectivity index (χ0v) is 11.6. The molecule has 0 saturated carbocycles. The first-order valence-corrected chi connectivity index (χ1v) is 6.38. The number of carbonyl (C=O) groups is 3. The fourth-order valence-electron chi connectivity index (χ4n) is 1.62. The van der Waals surface area contributed by atoms with Gasteiger partial charge in [0.05, 0.1) is 0 Å². The number of primary amides is 1. The molecule has 0 rings (SSSR count). The minimum atomic E-state index is -1.10. The molecule has 0 bridgehead atoms. The second kappa shape index (κ2) is 8.34. The van der Waals surface area contributed by atoms with E-state index in [0.717, 1.165) is 12.8 Å². The lowest BCUT2D eigenvalue weighted by molar-refractivity contribution is -0.143. The highest BCUT2D eigenvalue weighted by molar-refractivity contribution is 5.89. The molecule has 0 saturated heterocycles. The van der Waals surface area contributed by atoms with Crippen LogP contribution in [0.5, 0.6) is 0 Å². The van der Waals surface area contributed by atoms with Crippen molar-refractivity contribution >= 4 is 17.9 Å². The Balaban J connectivity index is 4.68. The summed E-state index contributed by atoms with van der Waals surface area (Å²) >= 11 is 0. The molecule has 7 nitrogen and oxygen atoms in total. The van der Waals surface area contributed by atoms with Crippen LogP contribution >= 0.6 is 0 Å². The average molecular weight is 273 g/mol. The van der Waals surface area contributed by atoms with Crippen LogP contribution in [0.4, 0.5) is 4.79 Å². The monoisotopic (exact) mass is 273 g/mol. The van der Waals surface area contributed by atoms with Crippen molar-refractivity contribution in [2.24, 2.45) is 11.7 Å². The van der Waals surface area contributed by atoms with E-state index in [2.05, 4.69) is 10.6 Å². The predicted octanol–water partition coefficient (Wildman–Crippen LogP) is 0.439. The lowest BCUT2D eigenvalue weighted by Gasteiger charge is -2.22. The van der Waals surface area contributed by atoms with E-state index in [0.29, 0.717) is 6.42 Å². The number of hydrogen-bond acceptors (Lipinski definition) is 3.